The first-order valence-electron chi connectivity index (χ1n) is 8.25. The Morgan fingerprint density at radius 2 is 1.91 bits per heavy atom. The fourth-order valence-corrected chi connectivity index (χ4v) is 3.15. The van der Waals surface area contributed by atoms with Crippen LogP contribution < -0.4 is 5.32 Å². The van der Waals surface area contributed by atoms with Crippen molar-refractivity contribution in [2.45, 2.75) is 51.5 Å². The summed E-state index contributed by atoms with van der Waals surface area (Å²) < 4.78 is 0. The molecule has 1 N–H and O–H groups in total. The van der Waals surface area contributed by atoms with Gasteiger partial charge in [0.1, 0.15) is 0 Å². The van der Waals surface area contributed by atoms with Crippen LogP contribution >= 0.6 is 0 Å². The van der Waals surface area contributed by atoms with E-state index in [1.807, 2.05) is 29.2 Å². The van der Waals surface area contributed by atoms with Crippen molar-refractivity contribution in [3.63, 3.8) is 0 Å². The molecule has 1 heterocycles. The number of likely N-dealkylation sites (tertiary alicyclic amines) is 1. The standard InChI is InChI=1S/C18H24N2O2/c1-12(2)13-6-8-15(9-7-13)19-18(22)14-10-17(21)20(11-14)16-4-3-5-16/h6-9,12,14,16H,3-5,10-11H2,1-2H3,(H,19,22). The lowest BCUT2D eigenvalue weighted by molar-refractivity contribution is -0.131. The third-order valence-electron chi connectivity index (χ3n) is 4.89. The second-order valence-electron chi connectivity index (χ2n) is 6.80. The molecule has 0 aromatic heterocycles. The molecular weight excluding hydrogens is 276 g/mol. The lowest BCUT2D eigenvalue weighted by Gasteiger charge is -2.34. The molecule has 0 radical (unpaired) electrons. The first kappa shape index (κ1) is 15.1. The van der Waals surface area contributed by atoms with Crippen LogP contribution in [0.3, 0.4) is 0 Å². The molecule has 118 valence electrons. The van der Waals surface area contributed by atoms with Crippen molar-refractivity contribution in [2.24, 2.45) is 5.92 Å². The number of anilines is 1. The molecule has 1 unspecified atom stereocenters. The van der Waals surface area contributed by atoms with Crippen LogP contribution in [0.2, 0.25) is 0 Å². The van der Waals surface area contributed by atoms with Crippen LogP contribution in [-0.4, -0.2) is 29.3 Å². The molecule has 1 atom stereocenters. The Kier molecular flexibility index (Phi) is 4.19. The molecule has 2 amide bonds. The second-order valence-corrected chi connectivity index (χ2v) is 6.80. The Labute approximate surface area is 131 Å². The number of carbonyl (C=O) groups excluding carboxylic acids is 2. The fraction of sp³-hybridized carbons (Fsp3) is 0.556. The van der Waals surface area contributed by atoms with E-state index in [0.717, 1.165) is 18.5 Å². The van der Waals surface area contributed by atoms with Gasteiger partial charge in [-0.15, -0.1) is 0 Å². The first-order chi connectivity index (χ1) is 10.5. The molecule has 0 spiro atoms. The van der Waals surface area contributed by atoms with Crippen LogP contribution in [0, 0.1) is 5.92 Å². The molecule has 2 fully saturated rings. The average molecular weight is 300 g/mol. The zero-order valence-corrected chi connectivity index (χ0v) is 13.3. The van der Waals surface area contributed by atoms with E-state index in [9.17, 15) is 9.59 Å². The van der Waals surface area contributed by atoms with E-state index in [2.05, 4.69) is 19.2 Å². The first-order valence-corrected chi connectivity index (χ1v) is 8.25. The molecule has 1 aromatic rings. The Balaban J connectivity index is 1.59. The van der Waals surface area contributed by atoms with Gasteiger partial charge in [0.05, 0.1) is 5.92 Å². The molecule has 1 aliphatic heterocycles. The van der Waals surface area contributed by atoms with E-state index in [-0.39, 0.29) is 17.7 Å². The number of carbonyl (C=O) groups is 2. The van der Waals surface area contributed by atoms with Crippen molar-refractivity contribution >= 4 is 17.5 Å². The van der Waals surface area contributed by atoms with E-state index in [4.69, 9.17) is 0 Å². The molecular formula is C18H24N2O2. The Morgan fingerprint density at radius 3 is 2.45 bits per heavy atom. The summed E-state index contributed by atoms with van der Waals surface area (Å²) in [5.41, 5.74) is 2.06. The number of hydrogen-bond acceptors (Lipinski definition) is 2. The summed E-state index contributed by atoms with van der Waals surface area (Å²) in [5.74, 6) is 0.374. The van der Waals surface area contributed by atoms with Crippen LogP contribution in [0.4, 0.5) is 5.69 Å². The molecule has 1 aromatic carbocycles. The number of nitrogens with zero attached hydrogens (tertiary/aromatic N) is 1. The predicted octanol–water partition coefficient (Wildman–Crippen LogP) is 3.15. The van der Waals surface area contributed by atoms with Crippen LogP contribution in [-0.2, 0) is 9.59 Å². The summed E-state index contributed by atoms with van der Waals surface area (Å²) in [5, 5.41) is 2.95. The minimum atomic E-state index is -0.210. The zero-order chi connectivity index (χ0) is 15.7. The van der Waals surface area contributed by atoms with Crippen molar-refractivity contribution < 1.29 is 9.59 Å². The average Bonchev–Trinajstić information content (AvgIpc) is 2.80. The Bertz CT molecular complexity index is 561. The van der Waals surface area contributed by atoms with Gasteiger partial charge in [0.25, 0.3) is 0 Å². The number of hydrogen-bond donors (Lipinski definition) is 1. The third-order valence-corrected chi connectivity index (χ3v) is 4.89. The maximum atomic E-state index is 12.4. The van der Waals surface area contributed by atoms with Crippen molar-refractivity contribution in [1.29, 1.82) is 0 Å². The van der Waals surface area contributed by atoms with Crippen LogP contribution in [0.1, 0.15) is 51.0 Å². The Hall–Kier alpha value is -1.84. The van der Waals surface area contributed by atoms with Crippen LogP contribution in [0.25, 0.3) is 0 Å². The minimum absolute atomic E-state index is 0.0347. The van der Waals surface area contributed by atoms with Gasteiger partial charge in [-0.2, -0.15) is 0 Å². The largest absolute Gasteiger partial charge is 0.339 e. The SMILES string of the molecule is CC(C)c1ccc(NC(=O)C2CC(=O)N(C3CCC3)C2)cc1. The highest BCUT2D eigenvalue weighted by Gasteiger charge is 2.39. The molecule has 2 aliphatic rings. The lowest BCUT2D eigenvalue weighted by atomic mass is 9.92. The summed E-state index contributed by atoms with van der Waals surface area (Å²) in [7, 11) is 0. The van der Waals surface area contributed by atoms with Gasteiger partial charge in [-0.1, -0.05) is 26.0 Å². The number of benzene rings is 1. The second kappa shape index (κ2) is 6.11. The van der Waals surface area contributed by atoms with E-state index < -0.39 is 0 Å². The van der Waals surface area contributed by atoms with E-state index in [0.29, 0.717) is 24.9 Å². The third kappa shape index (κ3) is 3.01. The van der Waals surface area contributed by atoms with Crippen molar-refractivity contribution in [2.75, 3.05) is 11.9 Å². The fourth-order valence-electron chi connectivity index (χ4n) is 3.15. The molecule has 1 saturated carbocycles. The van der Waals surface area contributed by atoms with Gasteiger partial charge in [-0.05, 0) is 42.9 Å². The summed E-state index contributed by atoms with van der Waals surface area (Å²) in [4.78, 5) is 26.3. The number of nitrogens with one attached hydrogen (secondary N) is 1. The van der Waals surface area contributed by atoms with Crippen molar-refractivity contribution in [1.82, 2.24) is 4.90 Å². The highest BCUT2D eigenvalue weighted by Crippen LogP contribution is 2.31. The van der Waals surface area contributed by atoms with Gasteiger partial charge in [0.15, 0.2) is 0 Å². The summed E-state index contributed by atoms with van der Waals surface area (Å²) in [6.07, 6.45) is 3.74. The number of rotatable bonds is 4. The molecule has 1 saturated heterocycles. The molecule has 3 rings (SSSR count). The predicted molar refractivity (Wildman–Crippen MR) is 86.6 cm³/mol. The molecule has 4 nitrogen and oxygen atoms in total. The minimum Gasteiger partial charge on any atom is -0.339 e. The monoisotopic (exact) mass is 300 g/mol. The van der Waals surface area contributed by atoms with E-state index >= 15 is 0 Å². The van der Waals surface area contributed by atoms with Gasteiger partial charge in [-0.25, -0.2) is 0 Å². The highest BCUT2D eigenvalue weighted by molar-refractivity contribution is 5.97. The van der Waals surface area contributed by atoms with E-state index in [1.165, 1.54) is 12.0 Å². The maximum Gasteiger partial charge on any atom is 0.229 e. The van der Waals surface area contributed by atoms with Crippen molar-refractivity contribution in [3.05, 3.63) is 29.8 Å². The zero-order valence-electron chi connectivity index (χ0n) is 13.3. The van der Waals surface area contributed by atoms with Gasteiger partial charge in [0.2, 0.25) is 11.8 Å². The summed E-state index contributed by atoms with van der Waals surface area (Å²) >= 11 is 0. The van der Waals surface area contributed by atoms with Gasteiger partial charge < -0.3 is 10.2 Å². The summed E-state index contributed by atoms with van der Waals surface area (Å²) in [6, 6.07) is 8.35. The maximum absolute atomic E-state index is 12.4. The smallest absolute Gasteiger partial charge is 0.229 e. The summed E-state index contributed by atoms with van der Waals surface area (Å²) in [6.45, 7) is 4.87. The molecule has 0 bridgehead atoms. The van der Waals surface area contributed by atoms with Crippen molar-refractivity contribution in [3.8, 4) is 0 Å². The molecule has 1 aliphatic carbocycles. The van der Waals surface area contributed by atoms with Crippen LogP contribution in [0.5, 0.6) is 0 Å². The topological polar surface area (TPSA) is 49.4 Å². The van der Waals surface area contributed by atoms with Gasteiger partial charge >= 0.3 is 0 Å². The Morgan fingerprint density at radius 1 is 1.23 bits per heavy atom. The van der Waals surface area contributed by atoms with Gasteiger partial charge in [-0.3, -0.25) is 9.59 Å². The van der Waals surface area contributed by atoms with Gasteiger partial charge in [0, 0.05) is 24.7 Å². The molecule has 4 heteroatoms. The van der Waals surface area contributed by atoms with E-state index in [1.54, 1.807) is 0 Å². The molecule has 22 heavy (non-hydrogen) atoms. The number of amides is 2. The normalized spacial score (nSPS) is 22.0. The van der Waals surface area contributed by atoms with Crippen LogP contribution in [0.15, 0.2) is 24.3 Å². The highest BCUT2D eigenvalue weighted by atomic mass is 16.2. The lowest BCUT2D eigenvalue weighted by Crippen LogP contribution is -2.41. The quantitative estimate of drug-likeness (QED) is 0.928.